The Hall–Kier alpha value is -1.17. The van der Waals surface area contributed by atoms with Crippen LogP contribution < -0.4 is 5.32 Å². The molecule has 5 heteroatoms. The van der Waals surface area contributed by atoms with E-state index in [1.54, 1.807) is 25.3 Å². The Bertz CT molecular complexity index is 536. The summed E-state index contributed by atoms with van der Waals surface area (Å²) >= 11 is 0. The SMILES string of the molecule is C=CCN(C)S(=O)(=O)c1ccc(CCCNC(C)C)cc1. The molecule has 0 unspecified atom stereocenters. The van der Waals surface area contributed by atoms with Crippen LogP contribution in [0.25, 0.3) is 0 Å². The summed E-state index contributed by atoms with van der Waals surface area (Å²) in [5, 5.41) is 3.37. The standard InChI is InChI=1S/C16H26N2O2S/c1-5-13-18(4)21(19,20)16-10-8-15(9-11-16)7-6-12-17-14(2)3/h5,8-11,14,17H,1,6-7,12-13H2,2-4H3. The van der Waals surface area contributed by atoms with Crippen molar-refractivity contribution in [3.8, 4) is 0 Å². The van der Waals surface area contributed by atoms with Gasteiger partial charge in [-0.05, 0) is 37.1 Å². The zero-order valence-electron chi connectivity index (χ0n) is 13.2. The summed E-state index contributed by atoms with van der Waals surface area (Å²) in [4.78, 5) is 0.330. The summed E-state index contributed by atoms with van der Waals surface area (Å²) in [7, 11) is -1.85. The largest absolute Gasteiger partial charge is 0.315 e. The Balaban J connectivity index is 2.63. The van der Waals surface area contributed by atoms with Gasteiger partial charge in [0.1, 0.15) is 0 Å². The van der Waals surface area contributed by atoms with Gasteiger partial charge >= 0.3 is 0 Å². The number of likely N-dealkylation sites (N-methyl/N-ethyl adjacent to an activating group) is 1. The van der Waals surface area contributed by atoms with Gasteiger partial charge in [0.15, 0.2) is 0 Å². The van der Waals surface area contributed by atoms with E-state index in [-0.39, 0.29) is 0 Å². The highest BCUT2D eigenvalue weighted by Gasteiger charge is 2.19. The average molecular weight is 310 g/mol. The molecular formula is C16H26N2O2S. The van der Waals surface area contributed by atoms with E-state index in [9.17, 15) is 8.42 Å². The Morgan fingerprint density at radius 3 is 2.43 bits per heavy atom. The highest BCUT2D eigenvalue weighted by molar-refractivity contribution is 7.89. The van der Waals surface area contributed by atoms with Crippen LogP contribution in [0.2, 0.25) is 0 Å². The fourth-order valence-corrected chi connectivity index (χ4v) is 3.11. The molecule has 1 rings (SSSR count). The third kappa shape index (κ3) is 5.61. The van der Waals surface area contributed by atoms with Gasteiger partial charge in [-0.1, -0.05) is 32.1 Å². The van der Waals surface area contributed by atoms with Crippen LogP contribution in [0.15, 0.2) is 41.8 Å². The predicted molar refractivity (Wildman–Crippen MR) is 87.9 cm³/mol. The summed E-state index contributed by atoms with van der Waals surface area (Å²) in [5.74, 6) is 0. The zero-order valence-corrected chi connectivity index (χ0v) is 14.0. The minimum atomic E-state index is -3.40. The van der Waals surface area contributed by atoms with Crippen molar-refractivity contribution < 1.29 is 8.42 Å². The van der Waals surface area contributed by atoms with Crippen LogP contribution in [0.1, 0.15) is 25.8 Å². The molecule has 1 aromatic rings. The molecule has 0 radical (unpaired) electrons. The number of hydrogen-bond donors (Lipinski definition) is 1. The maximum absolute atomic E-state index is 12.2. The molecule has 0 aliphatic carbocycles. The van der Waals surface area contributed by atoms with E-state index in [1.807, 2.05) is 12.1 Å². The molecular weight excluding hydrogens is 284 g/mol. The van der Waals surface area contributed by atoms with Crippen molar-refractivity contribution in [1.82, 2.24) is 9.62 Å². The summed E-state index contributed by atoms with van der Waals surface area (Å²) in [6.07, 6.45) is 3.57. The molecule has 0 aliphatic rings. The lowest BCUT2D eigenvalue weighted by molar-refractivity contribution is 0.499. The average Bonchev–Trinajstić information content (AvgIpc) is 2.44. The first-order valence-corrected chi connectivity index (χ1v) is 8.71. The van der Waals surface area contributed by atoms with Gasteiger partial charge in [-0.2, -0.15) is 4.31 Å². The van der Waals surface area contributed by atoms with Crippen molar-refractivity contribution in [3.63, 3.8) is 0 Å². The van der Waals surface area contributed by atoms with Gasteiger partial charge in [-0.3, -0.25) is 0 Å². The second kappa shape index (κ2) is 8.32. The first-order chi connectivity index (χ1) is 9.87. The van der Waals surface area contributed by atoms with E-state index in [0.29, 0.717) is 17.5 Å². The summed E-state index contributed by atoms with van der Waals surface area (Å²) < 4.78 is 25.8. The Labute approximate surface area is 128 Å². The number of rotatable bonds is 9. The van der Waals surface area contributed by atoms with E-state index in [0.717, 1.165) is 24.9 Å². The van der Waals surface area contributed by atoms with Crippen LogP contribution in [0.5, 0.6) is 0 Å². The van der Waals surface area contributed by atoms with E-state index in [4.69, 9.17) is 0 Å². The van der Waals surface area contributed by atoms with E-state index in [2.05, 4.69) is 25.7 Å². The van der Waals surface area contributed by atoms with Gasteiger partial charge in [0.05, 0.1) is 4.90 Å². The lowest BCUT2D eigenvalue weighted by Gasteiger charge is -2.15. The van der Waals surface area contributed by atoms with E-state index in [1.165, 1.54) is 4.31 Å². The summed E-state index contributed by atoms with van der Waals surface area (Å²) in [6.45, 7) is 9.10. The highest BCUT2D eigenvalue weighted by Crippen LogP contribution is 2.15. The van der Waals surface area contributed by atoms with Crippen molar-refractivity contribution in [3.05, 3.63) is 42.5 Å². The molecule has 0 spiro atoms. The van der Waals surface area contributed by atoms with Crippen LogP contribution in [0.3, 0.4) is 0 Å². The normalized spacial score (nSPS) is 12.0. The third-order valence-corrected chi connectivity index (χ3v) is 5.05. The van der Waals surface area contributed by atoms with Crippen LogP contribution >= 0.6 is 0 Å². The van der Waals surface area contributed by atoms with Crippen molar-refractivity contribution in [1.29, 1.82) is 0 Å². The fourth-order valence-electron chi connectivity index (χ4n) is 1.97. The predicted octanol–water partition coefficient (Wildman–Crippen LogP) is 2.42. The number of sulfonamides is 1. The second-order valence-electron chi connectivity index (χ2n) is 5.43. The number of hydrogen-bond acceptors (Lipinski definition) is 3. The summed E-state index contributed by atoms with van der Waals surface area (Å²) in [5.41, 5.74) is 1.16. The van der Waals surface area contributed by atoms with Gasteiger partial charge in [-0.15, -0.1) is 6.58 Å². The molecule has 0 fully saturated rings. The Morgan fingerprint density at radius 2 is 1.90 bits per heavy atom. The molecule has 0 amide bonds. The van der Waals surface area contributed by atoms with Crippen LogP contribution in [0.4, 0.5) is 0 Å². The van der Waals surface area contributed by atoms with Gasteiger partial charge in [-0.25, -0.2) is 8.42 Å². The minimum absolute atomic E-state index is 0.310. The van der Waals surface area contributed by atoms with Crippen LogP contribution in [-0.2, 0) is 16.4 Å². The molecule has 0 aromatic heterocycles. The molecule has 0 bridgehead atoms. The topological polar surface area (TPSA) is 49.4 Å². The molecule has 118 valence electrons. The number of nitrogens with one attached hydrogen (secondary N) is 1. The maximum atomic E-state index is 12.2. The van der Waals surface area contributed by atoms with Gasteiger partial charge in [0, 0.05) is 19.6 Å². The minimum Gasteiger partial charge on any atom is -0.315 e. The van der Waals surface area contributed by atoms with Crippen LogP contribution in [0, 0.1) is 0 Å². The molecule has 0 heterocycles. The number of nitrogens with zero attached hydrogens (tertiary/aromatic N) is 1. The molecule has 4 nitrogen and oxygen atoms in total. The lowest BCUT2D eigenvalue weighted by Crippen LogP contribution is -2.26. The van der Waals surface area contributed by atoms with Gasteiger partial charge in [0.2, 0.25) is 10.0 Å². The molecule has 1 aromatic carbocycles. The zero-order chi connectivity index (χ0) is 15.9. The first-order valence-electron chi connectivity index (χ1n) is 7.27. The molecule has 0 aliphatic heterocycles. The molecule has 0 atom stereocenters. The van der Waals surface area contributed by atoms with Gasteiger partial charge < -0.3 is 5.32 Å². The number of benzene rings is 1. The lowest BCUT2D eigenvalue weighted by atomic mass is 10.1. The Morgan fingerprint density at radius 1 is 1.29 bits per heavy atom. The number of aryl methyl sites for hydroxylation is 1. The van der Waals surface area contributed by atoms with E-state index < -0.39 is 10.0 Å². The first kappa shape index (κ1) is 17.9. The molecule has 1 N–H and O–H groups in total. The molecule has 0 saturated heterocycles. The van der Waals surface area contributed by atoms with Crippen molar-refractivity contribution in [2.75, 3.05) is 20.1 Å². The van der Waals surface area contributed by atoms with Crippen LogP contribution in [-0.4, -0.2) is 38.9 Å². The maximum Gasteiger partial charge on any atom is 0.243 e. The quantitative estimate of drug-likeness (QED) is 0.563. The Kier molecular flexibility index (Phi) is 7.08. The smallest absolute Gasteiger partial charge is 0.243 e. The fraction of sp³-hybridized carbons (Fsp3) is 0.500. The molecule has 0 saturated carbocycles. The highest BCUT2D eigenvalue weighted by atomic mass is 32.2. The van der Waals surface area contributed by atoms with Crippen molar-refractivity contribution in [2.24, 2.45) is 0 Å². The second-order valence-corrected chi connectivity index (χ2v) is 7.48. The summed E-state index contributed by atoms with van der Waals surface area (Å²) in [6, 6.07) is 7.65. The monoisotopic (exact) mass is 310 g/mol. The molecule has 21 heavy (non-hydrogen) atoms. The van der Waals surface area contributed by atoms with E-state index >= 15 is 0 Å². The van der Waals surface area contributed by atoms with Crippen molar-refractivity contribution in [2.45, 2.75) is 37.6 Å². The van der Waals surface area contributed by atoms with Crippen molar-refractivity contribution >= 4 is 10.0 Å². The van der Waals surface area contributed by atoms with Gasteiger partial charge in [0.25, 0.3) is 0 Å². The third-order valence-electron chi connectivity index (χ3n) is 3.21.